The fourth-order valence-electron chi connectivity index (χ4n) is 3.71. The zero-order valence-electron chi connectivity index (χ0n) is 15.4. The molecule has 4 nitrogen and oxygen atoms in total. The summed E-state index contributed by atoms with van der Waals surface area (Å²) in [4.78, 5) is 0.438. The smallest absolute Gasteiger partial charge is 0.180 e. The molecule has 1 aliphatic heterocycles. The van der Waals surface area contributed by atoms with Gasteiger partial charge < -0.3 is 4.74 Å². The van der Waals surface area contributed by atoms with Crippen LogP contribution in [0.5, 0.6) is 0 Å². The lowest BCUT2D eigenvalue weighted by Gasteiger charge is -2.35. The highest BCUT2D eigenvalue weighted by Crippen LogP contribution is 2.37. The Bertz CT molecular complexity index is 835. The van der Waals surface area contributed by atoms with E-state index in [9.17, 15) is 8.42 Å². The Morgan fingerprint density at radius 3 is 2.46 bits per heavy atom. The molecule has 0 saturated heterocycles. The van der Waals surface area contributed by atoms with Crippen LogP contribution in [-0.2, 0) is 14.6 Å². The van der Waals surface area contributed by atoms with Gasteiger partial charge in [-0.2, -0.15) is 0 Å². The van der Waals surface area contributed by atoms with E-state index in [2.05, 4.69) is 17.4 Å². The molecule has 0 radical (unpaired) electrons. The van der Waals surface area contributed by atoms with E-state index in [0.29, 0.717) is 24.5 Å². The largest absolute Gasteiger partial charge is 0.382 e. The summed E-state index contributed by atoms with van der Waals surface area (Å²) >= 11 is 0. The van der Waals surface area contributed by atoms with Gasteiger partial charge in [0.1, 0.15) is 0 Å². The second-order valence-corrected chi connectivity index (χ2v) is 8.82. The standard InChI is InChI=1S/C21H27NO3S/c1-3-21(14-15-25-4-2)16-26(23,24)19-13-9-8-12-18(19)20(22-21)17-10-6-5-7-11-17/h5-13,20,22H,3-4,14-16H2,1-2H3/t20-,21+/m0/s1. The quantitative estimate of drug-likeness (QED) is 0.784. The van der Waals surface area contributed by atoms with Gasteiger partial charge in [0.25, 0.3) is 0 Å². The number of hydrogen-bond acceptors (Lipinski definition) is 4. The molecule has 0 saturated carbocycles. The lowest BCUT2D eigenvalue weighted by molar-refractivity contribution is 0.117. The van der Waals surface area contributed by atoms with E-state index < -0.39 is 15.4 Å². The van der Waals surface area contributed by atoms with Gasteiger partial charge in [0, 0.05) is 18.8 Å². The molecule has 0 bridgehead atoms. The van der Waals surface area contributed by atoms with Gasteiger partial charge in [0.15, 0.2) is 9.84 Å². The molecule has 2 atom stereocenters. The number of sulfone groups is 1. The molecule has 0 spiro atoms. The Morgan fingerprint density at radius 2 is 1.77 bits per heavy atom. The van der Waals surface area contributed by atoms with Crippen molar-refractivity contribution in [2.45, 2.75) is 43.2 Å². The van der Waals surface area contributed by atoms with Crippen LogP contribution in [0.4, 0.5) is 0 Å². The third kappa shape index (κ3) is 3.85. The first-order valence-corrected chi connectivity index (χ1v) is 10.9. The van der Waals surface area contributed by atoms with Crippen molar-refractivity contribution < 1.29 is 13.2 Å². The third-order valence-electron chi connectivity index (χ3n) is 5.22. The summed E-state index contributed by atoms with van der Waals surface area (Å²) in [6, 6.07) is 17.3. The minimum absolute atomic E-state index is 0.0872. The SMILES string of the molecule is CCOCC[C@]1(CC)CS(=O)(=O)c2ccccc2[C@H](c2ccccc2)N1. The summed E-state index contributed by atoms with van der Waals surface area (Å²) in [5.41, 5.74) is 1.38. The molecule has 1 heterocycles. The normalized spacial score (nSPS) is 24.6. The van der Waals surface area contributed by atoms with Crippen LogP contribution in [0.15, 0.2) is 59.5 Å². The Kier molecular flexibility index (Phi) is 5.80. The Morgan fingerprint density at radius 1 is 1.08 bits per heavy atom. The predicted molar refractivity (Wildman–Crippen MR) is 104 cm³/mol. The van der Waals surface area contributed by atoms with Gasteiger partial charge in [-0.15, -0.1) is 0 Å². The van der Waals surface area contributed by atoms with E-state index in [0.717, 1.165) is 17.5 Å². The van der Waals surface area contributed by atoms with Crippen molar-refractivity contribution in [2.75, 3.05) is 19.0 Å². The number of ether oxygens (including phenoxy) is 1. The molecule has 0 amide bonds. The minimum Gasteiger partial charge on any atom is -0.382 e. The molecule has 5 heteroatoms. The van der Waals surface area contributed by atoms with Gasteiger partial charge in [-0.25, -0.2) is 8.42 Å². The molecule has 0 aliphatic carbocycles. The zero-order chi connectivity index (χ0) is 18.6. The van der Waals surface area contributed by atoms with E-state index in [4.69, 9.17) is 4.74 Å². The van der Waals surface area contributed by atoms with Gasteiger partial charge in [-0.1, -0.05) is 55.5 Å². The number of benzene rings is 2. The maximum Gasteiger partial charge on any atom is 0.180 e. The van der Waals surface area contributed by atoms with Crippen LogP contribution in [0.3, 0.4) is 0 Å². The van der Waals surface area contributed by atoms with Crippen molar-refractivity contribution in [1.82, 2.24) is 5.32 Å². The number of fused-ring (bicyclic) bond motifs is 1. The molecule has 3 rings (SSSR count). The van der Waals surface area contributed by atoms with Crippen molar-refractivity contribution in [3.05, 3.63) is 65.7 Å². The van der Waals surface area contributed by atoms with Crippen molar-refractivity contribution in [3.63, 3.8) is 0 Å². The van der Waals surface area contributed by atoms with Crippen LogP contribution < -0.4 is 5.32 Å². The summed E-state index contributed by atoms with van der Waals surface area (Å²) in [7, 11) is -3.39. The number of rotatable bonds is 6. The third-order valence-corrected chi connectivity index (χ3v) is 7.20. The molecule has 2 aromatic carbocycles. The molecular formula is C21H27NO3S. The van der Waals surface area contributed by atoms with Gasteiger partial charge >= 0.3 is 0 Å². The van der Waals surface area contributed by atoms with Crippen LogP contribution in [0, 0.1) is 0 Å². The summed E-state index contributed by atoms with van der Waals surface area (Å²) in [6.07, 6.45) is 1.38. The van der Waals surface area contributed by atoms with Crippen LogP contribution >= 0.6 is 0 Å². The average molecular weight is 374 g/mol. The predicted octanol–water partition coefficient (Wildman–Crippen LogP) is 3.73. The fraction of sp³-hybridized carbons (Fsp3) is 0.429. The number of hydrogen-bond donors (Lipinski definition) is 1. The van der Waals surface area contributed by atoms with Crippen LogP contribution in [0.2, 0.25) is 0 Å². The average Bonchev–Trinajstić information content (AvgIpc) is 2.76. The maximum absolute atomic E-state index is 13.2. The van der Waals surface area contributed by atoms with Crippen LogP contribution in [0.25, 0.3) is 0 Å². The lowest BCUT2D eigenvalue weighted by Crippen LogP contribution is -2.50. The second-order valence-electron chi connectivity index (χ2n) is 6.87. The Balaban J connectivity index is 2.11. The summed E-state index contributed by atoms with van der Waals surface area (Å²) in [5.74, 6) is 0.0872. The number of nitrogens with one attached hydrogen (secondary N) is 1. The zero-order valence-corrected chi connectivity index (χ0v) is 16.3. The van der Waals surface area contributed by atoms with E-state index in [1.165, 1.54) is 0 Å². The first-order chi connectivity index (χ1) is 12.5. The first-order valence-electron chi connectivity index (χ1n) is 9.23. The second kappa shape index (κ2) is 7.91. The molecule has 1 aliphatic rings. The van der Waals surface area contributed by atoms with Gasteiger partial charge in [-0.05, 0) is 37.0 Å². The van der Waals surface area contributed by atoms with Crippen LogP contribution in [-0.4, -0.2) is 32.9 Å². The van der Waals surface area contributed by atoms with Crippen LogP contribution in [0.1, 0.15) is 43.9 Å². The highest BCUT2D eigenvalue weighted by molar-refractivity contribution is 7.91. The molecule has 1 N–H and O–H groups in total. The van der Waals surface area contributed by atoms with Crippen molar-refractivity contribution in [3.8, 4) is 0 Å². The molecule has 0 fully saturated rings. The fourth-order valence-corrected chi connectivity index (χ4v) is 5.86. The van der Waals surface area contributed by atoms with E-state index in [-0.39, 0.29) is 11.8 Å². The van der Waals surface area contributed by atoms with E-state index >= 15 is 0 Å². The first kappa shape index (κ1) is 19.1. The Labute approximate surface area is 156 Å². The van der Waals surface area contributed by atoms with E-state index in [1.807, 2.05) is 44.2 Å². The highest BCUT2D eigenvalue weighted by atomic mass is 32.2. The van der Waals surface area contributed by atoms with Crippen molar-refractivity contribution >= 4 is 9.84 Å². The maximum atomic E-state index is 13.2. The van der Waals surface area contributed by atoms with Gasteiger partial charge in [0.2, 0.25) is 0 Å². The minimum atomic E-state index is -3.39. The Hall–Kier alpha value is -1.69. The monoisotopic (exact) mass is 373 g/mol. The van der Waals surface area contributed by atoms with Crippen molar-refractivity contribution in [2.24, 2.45) is 0 Å². The lowest BCUT2D eigenvalue weighted by atomic mass is 9.90. The van der Waals surface area contributed by atoms with Crippen molar-refractivity contribution in [1.29, 1.82) is 0 Å². The topological polar surface area (TPSA) is 55.4 Å². The molecular weight excluding hydrogens is 346 g/mol. The molecule has 26 heavy (non-hydrogen) atoms. The van der Waals surface area contributed by atoms with Gasteiger partial charge in [0.05, 0.1) is 16.7 Å². The molecule has 2 aromatic rings. The van der Waals surface area contributed by atoms with Gasteiger partial charge in [-0.3, -0.25) is 5.32 Å². The summed E-state index contributed by atoms with van der Waals surface area (Å²) in [6.45, 7) is 5.19. The summed E-state index contributed by atoms with van der Waals surface area (Å²) in [5, 5.41) is 3.71. The molecule has 140 valence electrons. The van der Waals surface area contributed by atoms with E-state index in [1.54, 1.807) is 12.1 Å². The summed E-state index contributed by atoms with van der Waals surface area (Å²) < 4.78 is 31.9. The molecule has 0 aromatic heterocycles. The highest BCUT2D eigenvalue weighted by Gasteiger charge is 2.41. The molecule has 0 unspecified atom stereocenters.